The van der Waals surface area contributed by atoms with E-state index >= 15 is 0 Å². The molecule has 0 spiro atoms. The molecule has 8 heteroatoms. The Bertz CT molecular complexity index is 909. The summed E-state index contributed by atoms with van der Waals surface area (Å²) in [5.41, 5.74) is 0.797. The lowest BCUT2D eigenvalue weighted by molar-refractivity contribution is -0.140. The van der Waals surface area contributed by atoms with E-state index in [9.17, 15) is 9.59 Å². The Morgan fingerprint density at radius 2 is 1.68 bits per heavy atom. The van der Waals surface area contributed by atoms with Crippen LogP contribution in [0.4, 0.5) is 5.69 Å². The van der Waals surface area contributed by atoms with Crippen LogP contribution in [0, 0.1) is 0 Å². The number of hydrogen-bond donors (Lipinski definition) is 0. The van der Waals surface area contributed by atoms with Crippen LogP contribution in [-0.4, -0.2) is 39.5 Å². The Kier molecular flexibility index (Phi) is 6.18. The van der Waals surface area contributed by atoms with Crippen molar-refractivity contribution in [3.63, 3.8) is 0 Å². The van der Waals surface area contributed by atoms with Crippen molar-refractivity contribution in [1.82, 2.24) is 0 Å². The summed E-state index contributed by atoms with van der Waals surface area (Å²) in [5.74, 6) is -0.211. The fourth-order valence-electron chi connectivity index (χ4n) is 2.70. The number of ether oxygens (including phenoxy) is 4. The lowest BCUT2D eigenvalue weighted by Gasteiger charge is -2.31. The molecular weight excluding hydrogens is 386 g/mol. The number of halogens is 1. The van der Waals surface area contributed by atoms with Crippen LogP contribution < -0.4 is 9.64 Å². The smallest absolute Gasteiger partial charge is 0.355 e. The maximum Gasteiger partial charge on any atom is 0.355 e. The Hall–Kier alpha value is -3.03. The minimum Gasteiger partial charge on any atom is -0.466 e. The molecule has 0 bridgehead atoms. The summed E-state index contributed by atoms with van der Waals surface area (Å²) in [6.45, 7) is 0.0386. The average molecular weight is 404 g/mol. The first-order valence-electron chi connectivity index (χ1n) is 8.32. The number of methoxy groups -OCH3 is 2. The number of esters is 2. The summed E-state index contributed by atoms with van der Waals surface area (Å²) in [6.07, 6.45) is 0. The van der Waals surface area contributed by atoms with Crippen molar-refractivity contribution in [2.75, 3.05) is 32.5 Å². The van der Waals surface area contributed by atoms with E-state index in [1.165, 1.54) is 14.2 Å². The van der Waals surface area contributed by atoms with Gasteiger partial charge < -0.3 is 23.8 Å². The summed E-state index contributed by atoms with van der Waals surface area (Å²) in [5, 5.41) is 0.495. The molecule has 0 N–H and O–H groups in total. The van der Waals surface area contributed by atoms with Gasteiger partial charge in [-0.25, -0.2) is 9.59 Å². The van der Waals surface area contributed by atoms with E-state index < -0.39 is 11.9 Å². The first-order chi connectivity index (χ1) is 13.5. The molecule has 28 heavy (non-hydrogen) atoms. The molecule has 1 aliphatic heterocycles. The Labute approximate surface area is 167 Å². The molecular formula is C20H18ClNO6. The number of rotatable bonds is 5. The topological polar surface area (TPSA) is 74.3 Å². The highest BCUT2D eigenvalue weighted by atomic mass is 35.5. The molecule has 1 heterocycles. The van der Waals surface area contributed by atoms with Crippen LogP contribution >= 0.6 is 11.6 Å². The van der Waals surface area contributed by atoms with Crippen LogP contribution in [-0.2, 0) is 23.8 Å². The van der Waals surface area contributed by atoms with Gasteiger partial charge in [0.05, 0.1) is 31.4 Å². The molecule has 0 aromatic heterocycles. The Balaban J connectivity index is 1.90. The van der Waals surface area contributed by atoms with Crippen molar-refractivity contribution in [3.05, 3.63) is 64.8 Å². The van der Waals surface area contributed by atoms with E-state index in [2.05, 4.69) is 0 Å². The summed E-state index contributed by atoms with van der Waals surface area (Å²) < 4.78 is 20.8. The standard InChI is InChI=1S/C20H18ClNO6/c1-25-19(23)15-11-27-12-22(18(15)20(24)26-2)13-7-9-14(10-8-13)28-17-6-4-3-5-16(17)21/h3-10H,11-12H2,1-2H3. The van der Waals surface area contributed by atoms with Crippen molar-refractivity contribution in [3.8, 4) is 11.5 Å². The molecule has 0 saturated carbocycles. The van der Waals surface area contributed by atoms with Gasteiger partial charge >= 0.3 is 11.9 Å². The van der Waals surface area contributed by atoms with Crippen molar-refractivity contribution in [2.45, 2.75) is 0 Å². The Morgan fingerprint density at radius 1 is 1.00 bits per heavy atom. The largest absolute Gasteiger partial charge is 0.466 e. The van der Waals surface area contributed by atoms with Gasteiger partial charge in [-0.1, -0.05) is 23.7 Å². The van der Waals surface area contributed by atoms with Crippen LogP contribution in [0.1, 0.15) is 0 Å². The number of carbonyl (C=O) groups is 2. The number of hydrogen-bond acceptors (Lipinski definition) is 7. The normalized spacial score (nSPS) is 13.9. The van der Waals surface area contributed by atoms with Gasteiger partial charge in [-0.05, 0) is 36.4 Å². The number of carbonyl (C=O) groups excluding carboxylic acids is 2. The minimum absolute atomic E-state index is 0.0404. The molecule has 0 atom stereocenters. The molecule has 3 rings (SSSR count). The molecule has 146 valence electrons. The molecule has 7 nitrogen and oxygen atoms in total. The van der Waals surface area contributed by atoms with Gasteiger partial charge in [-0.2, -0.15) is 0 Å². The van der Waals surface area contributed by atoms with Crippen LogP contribution in [0.3, 0.4) is 0 Å². The second-order valence-corrected chi connectivity index (χ2v) is 6.15. The zero-order valence-electron chi connectivity index (χ0n) is 15.3. The first kappa shape index (κ1) is 19.7. The van der Waals surface area contributed by atoms with Gasteiger partial charge in [0, 0.05) is 5.69 Å². The van der Waals surface area contributed by atoms with E-state index in [-0.39, 0.29) is 24.6 Å². The highest BCUT2D eigenvalue weighted by molar-refractivity contribution is 6.32. The van der Waals surface area contributed by atoms with Crippen molar-refractivity contribution >= 4 is 29.2 Å². The predicted molar refractivity (Wildman–Crippen MR) is 102 cm³/mol. The van der Waals surface area contributed by atoms with Crippen LogP contribution in [0.2, 0.25) is 5.02 Å². The van der Waals surface area contributed by atoms with Gasteiger partial charge in [0.2, 0.25) is 0 Å². The second kappa shape index (κ2) is 8.77. The summed E-state index contributed by atoms with van der Waals surface area (Å²) >= 11 is 6.11. The number of benzene rings is 2. The third-order valence-corrected chi connectivity index (χ3v) is 4.36. The summed E-state index contributed by atoms with van der Waals surface area (Å²) in [7, 11) is 2.49. The molecule has 2 aromatic rings. The van der Waals surface area contributed by atoms with Crippen molar-refractivity contribution in [1.29, 1.82) is 0 Å². The number of nitrogens with zero attached hydrogens (tertiary/aromatic N) is 1. The molecule has 0 saturated heterocycles. The van der Waals surface area contributed by atoms with E-state index in [1.54, 1.807) is 41.3 Å². The van der Waals surface area contributed by atoms with Crippen molar-refractivity contribution < 1.29 is 28.5 Å². The van der Waals surface area contributed by atoms with Gasteiger partial charge in [0.1, 0.15) is 23.9 Å². The number of para-hydroxylation sites is 1. The van der Waals surface area contributed by atoms with Crippen LogP contribution in [0.15, 0.2) is 59.8 Å². The quantitative estimate of drug-likeness (QED) is 0.707. The van der Waals surface area contributed by atoms with Gasteiger partial charge in [-0.15, -0.1) is 0 Å². The average Bonchev–Trinajstić information content (AvgIpc) is 2.74. The lowest BCUT2D eigenvalue weighted by Crippen LogP contribution is -2.38. The third kappa shape index (κ3) is 4.11. The van der Waals surface area contributed by atoms with Gasteiger partial charge in [0.25, 0.3) is 0 Å². The maximum absolute atomic E-state index is 12.3. The van der Waals surface area contributed by atoms with Gasteiger partial charge in [-0.3, -0.25) is 0 Å². The SMILES string of the molecule is COC(=O)C1=C(C(=O)OC)N(c2ccc(Oc3ccccc3Cl)cc2)COC1. The predicted octanol–water partition coefficient (Wildman–Crippen LogP) is 3.53. The zero-order chi connectivity index (χ0) is 20.1. The molecule has 0 aliphatic carbocycles. The summed E-state index contributed by atoms with van der Waals surface area (Å²) in [6, 6.07) is 14.0. The maximum atomic E-state index is 12.3. The Morgan fingerprint density at radius 3 is 2.32 bits per heavy atom. The molecule has 1 aliphatic rings. The second-order valence-electron chi connectivity index (χ2n) is 5.74. The highest BCUT2D eigenvalue weighted by Gasteiger charge is 2.32. The lowest BCUT2D eigenvalue weighted by atomic mass is 10.1. The number of anilines is 1. The minimum atomic E-state index is -0.653. The third-order valence-electron chi connectivity index (χ3n) is 4.05. The fourth-order valence-corrected chi connectivity index (χ4v) is 2.87. The molecule has 0 amide bonds. The summed E-state index contributed by atoms with van der Waals surface area (Å²) in [4.78, 5) is 25.9. The van der Waals surface area contributed by atoms with Crippen LogP contribution in [0.5, 0.6) is 11.5 Å². The molecule has 0 unspecified atom stereocenters. The van der Waals surface area contributed by atoms with E-state index in [0.717, 1.165) is 0 Å². The fraction of sp³-hybridized carbons (Fsp3) is 0.200. The molecule has 0 radical (unpaired) electrons. The van der Waals surface area contributed by atoms with Crippen LogP contribution in [0.25, 0.3) is 0 Å². The molecule has 2 aromatic carbocycles. The zero-order valence-corrected chi connectivity index (χ0v) is 16.1. The van der Waals surface area contributed by atoms with E-state index in [1.807, 2.05) is 12.1 Å². The van der Waals surface area contributed by atoms with E-state index in [4.69, 9.17) is 30.5 Å². The monoisotopic (exact) mass is 403 g/mol. The van der Waals surface area contributed by atoms with Crippen molar-refractivity contribution in [2.24, 2.45) is 0 Å². The van der Waals surface area contributed by atoms with Gasteiger partial charge in [0.15, 0.2) is 0 Å². The molecule has 0 fully saturated rings. The van der Waals surface area contributed by atoms with E-state index in [0.29, 0.717) is 22.2 Å². The first-order valence-corrected chi connectivity index (χ1v) is 8.70. The highest BCUT2D eigenvalue weighted by Crippen LogP contribution is 2.32.